The topological polar surface area (TPSA) is 86.7 Å². The summed E-state index contributed by atoms with van der Waals surface area (Å²) in [5, 5.41) is 0. The Morgan fingerprint density at radius 1 is 1.78 bits per heavy atom. The van der Waals surface area contributed by atoms with Crippen LogP contribution in [0.5, 0.6) is 0 Å². The van der Waals surface area contributed by atoms with Crippen LogP contribution in [0.4, 0.5) is 0 Å². The molecule has 0 heterocycles. The van der Waals surface area contributed by atoms with Gasteiger partial charge in [-0.15, -0.1) is 0 Å². The second-order valence-electron chi connectivity index (χ2n) is 1.05. The molecule has 0 bridgehead atoms. The Hall–Kier alpha value is 1.26. The number of carbonyl (C=O) groups excluding carboxylic acids is 1. The Kier molecular flexibility index (Phi) is 7.13. The summed E-state index contributed by atoms with van der Waals surface area (Å²) in [6.45, 7) is 0.876. The first-order valence-corrected chi connectivity index (χ1v) is 3.15. The fourth-order valence-electron chi connectivity index (χ4n) is 0.162. The summed E-state index contributed by atoms with van der Waals surface area (Å²) in [7, 11) is -4.82. The van der Waals surface area contributed by atoms with E-state index in [1.54, 1.807) is 0 Å². The van der Waals surface area contributed by atoms with Gasteiger partial charge in [0.05, 0.1) is 0 Å². The summed E-state index contributed by atoms with van der Waals surface area (Å²) in [5.74, 6) is -1.05. The molecule has 0 aliphatic carbocycles. The summed E-state index contributed by atoms with van der Waals surface area (Å²) in [5.41, 5.74) is 0. The van der Waals surface area contributed by atoms with Gasteiger partial charge in [0.1, 0.15) is 0 Å². The van der Waals surface area contributed by atoms with Crippen LogP contribution in [0.3, 0.4) is 0 Å². The van der Waals surface area contributed by atoms with Crippen molar-refractivity contribution in [1.82, 2.24) is 0 Å². The van der Waals surface area contributed by atoms with Crippen molar-refractivity contribution in [3.63, 3.8) is 0 Å². The maximum Gasteiger partial charge on any atom is 1.00 e. The second kappa shape index (κ2) is 4.98. The van der Waals surface area contributed by atoms with Gasteiger partial charge in [0.25, 0.3) is 0 Å². The molecular weight excluding hydrogens is 174 g/mol. The van der Waals surface area contributed by atoms with Crippen LogP contribution in [0.2, 0.25) is 0 Å². The molecule has 7 heteroatoms. The fraction of sp³-hybridized carbons (Fsp3) is 0.500. The quantitative estimate of drug-likeness (QED) is 0.327. The van der Waals surface area contributed by atoms with Gasteiger partial charge in [0, 0.05) is 6.92 Å². The summed E-state index contributed by atoms with van der Waals surface area (Å²) in [6, 6.07) is 0. The van der Waals surface area contributed by atoms with Crippen LogP contribution in [-0.4, -0.2) is 10.9 Å². The molecule has 0 aromatic rings. The van der Waals surface area contributed by atoms with Crippen molar-refractivity contribution >= 4 is 13.8 Å². The number of phosphoric ester groups is 1. The molecule has 0 amide bonds. The van der Waals surface area contributed by atoms with E-state index in [1.165, 1.54) is 0 Å². The Bertz CT molecular complexity index is 138. The molecule has 0 radical (unpaired) electrons. The zero-order chi connectivity index (χ0) is 6.78. The van der Waals surface area contributed by atoms with Crippen molar-refractivity contribution in [2.75, 3.05) is 0 Å². The van der Waals surface area contributed by atoms with Gasteiger partial charge < -0.3 is 14.3 Å². The molecule has 1 unspecified atom stereocenters. The van der Waals surface area contributed by atoms with Gasteiger partial charge in [-0.05, 0) is 0 Å². The number of carbonyl (C=O) groups is 1. The predicted molar refractivity (Wildman–Crippen MR) is 21.6 cm³/mol. The van der Waals surface area contributed by atoms with Crippen molar-refractivity contribution in [3.8, 4) is 0 Å². The van der Waals surface area contributed by atoms with Gasteiger partial charge in [0.15, 0.2) is 0 Å². The van der Waals surface area contributed by atoms with Crippen LogP contribution in [0.15, 0.2) is 0 Å². The molecule has 0 saturated heterocycles. The van der Waals surface area contributed by atoms with Gasteiger partial charge >= 0.3 is 65.2 Å². The van der Waals surface area contributed by atoms with Crippen molar-refractivity contribution in [2.45, 2.75) is 6.92 Å². The van der Waals surface area contributed by atoms with Crippen LogP contribution in [0.25, 0.3) is 0 Å². The monoisotopic (exact) mass is 178 g/mol. The second-order valence-corrected chi connectivity index (χ2v) is 2.17. The normalized spacial score (nSPS) is 15.0. The van der Waals surface area contributed by atoms with E-state index in [0.29, 0.717) is 0 Å². The van der Waals surface area contributed by atoms with E-state index < -0.39 is 13.8 Å². The molecule has 1 N–H and O–H groups in total. The summed E-state index contributed by atoms with van der Waals surface area (Å²) in [4.78, 5) is 27.0. The van der Waals surface area contributed by atoms with Gasteiger partial charge in [-0.2, -0.15) is 0 Å². The number of hydrogen-bond acceptors (Lipinski definition) is 4. The van der Waals surface area contributed by atoms with Crippen LogP contribution in [-0.2, 0) is 13.9 Å². The third kappa shape index (κ3) is 12.5. The zero-order valence-electron chi connectivity index (χ0n) is 5.03. The van der Waals surface area contributed by atoms with Gasteiger partial charge in [-0.3, -0.25) is 9.36 Å². The molecule has 0 aromatic carbocycles. The standard InChI is InChI=1S/C2H5O5P.K/c1-2(3)7-8(4,5)6;/h1H3,(H2,4,5,6);/q;+1/p-1. The average Bonchev–Trinajstić information content (AvgIpc) is 1.21. The molecule has 0 spiro atoms. The molecule has 0 aliphatic rings. The van der Waals surface area contributed by atoms with Crippen molar-refractivity contribution in [3.05, 3.63) is 0 Å². The zero-order valence-corrected chi connectivity index (χ0v) is 9.04. The van der Waals surface area contributed by atoms with Crippen LogP contribution < -0.4 is 56.3 Å². The third-order valence-electron chi connectivity index (χ3n) is 0.244. The van der Waals surface area contributed by atoms with Crippen LogP contribution >= 0.6 is 7.82 Å². The summed E-state index contributed by atoms with van der Waals surface area (Å²) in [6.07, 6.45) is 0. The number of rotatable bonds is 1. The Balaban J connectivity index is 0. The van der Waals surface area contributed by atoms with E-state index >= 15 is 0 Å². The SMILES string of the molecule is CC(=O)OP(=O)([O-])O.[K+]. The van der Waals surface area contributed by atoms with E-state index in [1.807, 2.05) is 0 Å². The van der Waals surface area contributed by atoms with E-state index in [4.69, 9.17) is 4.89 Å². The molecule has 5 nitrogen and oxygen atoms in total. The molecule has 9 heavy (non-hydrogen) atoms. The molecule has 0 rings (SSSR count). The molecule has 0 aliphatic heterocycles. The average molecular weight is 178 g/mol. The van der Waals surface area contributed by atoms with Crippen molar-refractivity contribution < 1.29 is 75.1 Å². The minimum atomic E-state index is -4.82. The molecule has 48 valence electrons. The first-order chi connectivity index (χ1) is 3.42. The molecule has 1 atom stereocenters. The summed E-state index contributed by atoms with van der Waals surface area (Å²) < 4.78 is 12.9. The molecule has 0 saturated carbocycles. The molecule has 0 aromatic heterocycles. The maximum absolute atomic E-state index is 9.70. The van der Waals surface area contributed by atoms with Crippen molar-refractivity contribution in [1.29, 1.82) is 0 Å². The van der Waals surface area contributed by atoms with Gasteiger partial charge in [-0.1, -0.05) is 0 Å². The first-order valence-electron chi connectivity index (χ1n) is 1.66. The Morgan fingerprint density at radius 2 is 2.11 bits per heavy atom. The van der Waals surface area contributed by atoms with Crippen LogP contribution in [0, 0.1) is 0 Å². The predicted octanol–water partition coefficient (Wildman–Crippen LogP) is -3.99. The minimum absolute atomic E-state index is 0. The number of hydrogen-bond donors (Lipinski definition) is 1. The smallest absolute Gasteiger partial charge is 0.746 e. The van der Waals surface area contributed by atoms with Gasteiger partial charge in [0.2, 0.25) is 0 Å². The van der Waals surface area contributed by atoms with Crippen LogP contribution in [0.1, 0.15) is 6.92 Å². The fourth-order valence-corrected chi connectivity index (χ4v) is 0.487. The Labute approximate surface area is 94.4 Å². The van der Waals surface area contributed by atoms with E-state index in [9.17, 15) is 14.3 Å². The molecular formula is C2H4KO5P. The van der Waals surface area contributed by atoms with E-state index in [0.717, 1.165) is 6.92 Å². The first kappa shape index (κ1) is 12.9. The number of phosphoric acid groups is 1. The van der Waals surface area contributed by atoms with E-state index in [-0.39, 0.29) is 51.4 Å². The largest absolute Gasteiger partial charge is 1.00 e. The Morgan fingerprint density at radius 3 is 2.11 bits per heavy atom. The third-order valence-corrected chi connectivity index (χ3v) is 0.732. The van der Waals surface area contributed by atoms with Crippen molar-refractivity contribution in [2.24, 2.45) is 0 Å². The molecule has 0 fully saturated rings. The minimum Gasteiger partial charge on any atom is -0.746 e. The van der Waals surface area contributed by atoms with Gasteiger partial charge in [-0.25, -0.2) is 0 Å². The van der Waals surface area contributed by atoms with E-state index in [2.05, 4.69) is 4.52 Å². The summed E-state index contributed by atoms with van der Waals surface area (Å²) >= 11 is 0. The maximum atomic E-state index is 9.70.